The maximum absolute atomic E-state index is 10.9. The number of halogens is 4. The van der Waals surface area contributed by atoms with E-state index in [2.05, 4.69) is 43.6 Å². The predicted octanol–water partition coefficient (Wildman–Crippen LogP) is 2.60. The molecule has 0 spiro atoms. The molecule has 0 amide bonds. The maximum Gasteiger partial charge on any atom is 0.441 e. The van der Waals surface area contributed by atoms with Gasteiger partial charge in [0.25, 0.3) is 0 Å². The summed E-state index contributed by atoms with van der Waals surface area (Å²) >= 11 is 3.59. The van der Waals surface area contributed by atoms with Gasteiger partial charge in [0.2, 0.25) is 0 Å². The first-order valence-corrected chi connectivity index (χ1v) is 4.79. The van der Waals surface area contributed by atoms with Crippen molar-refractivity contribution in [1.29, 1.82) is 0 Å². The Morgan fingerprint density at radius 1 is 1.13 bits per heavy atom. The van der Waals surface area contributed by atoms with E-state index in [0.717, 1.165) is 0 Å². The average molecular weight is 267 g/mol. The molecule has 2 N–H and O–H groups in total. The van der Waals surface area contributed by atoms with Gasteiger partial charge in [0.1, 0.15) is 0 Å². The molecule has 0 saturated carbocycles. The molecule has 7 heteroatoms. The summed E-state index contributed by atoms with van der Waals surface area (Å²) in [5, 5.41) is 0. The summed E-state index contributed by atoms with van der Waals surface area (Å²) in [7, 11) is 0. The summed E-state index contributed by atoms with van der Waals surface area (Å²) in [5.41, 5.74) is 4.18. The fraction of sp³-hybridized carbons (Fsp3) is 0.875. The second-order valence-electron chi connectivity index (χ2n) is 2.48. The lowest BCUT2D eigenvalue weighted by Crippen LogP contribution is -2.28. The Kier molecular flexibility index (Phi) is 14.2. The van der Waals surface area contributed by atoms with Gasteiger partial charge >= 0.3 is 6.18 Å². The van der Waals surface area contributed by atoms with Crippen LogP contribution in [0.1, 0.15) is 20.8 Å². The van der Waals surface area contributed by atoms with Gasteiger partial charge in [-0.3, -0.25) is 0 Å². The number of alkyl halides is 3. The van der Waals surface area contributed by atoms with Gasteiger partial charge in [-0.1, -0.05) is 33.0 Å². The third-order valence-corrected chi connectivity index (χ3v) is 1.85. The molecule has 94 valence electrons. The summed E-state index contributed by atoms with van der Waals surface area (Å²) < 4.78 is 32.7. The van der Waals surface area contributed by atoms with E-state index in [1.807, 2.05) is 0 Å². The van der Waals surface area contributed by atoms with Gasteiger partial charge in [0.05, 0.1) is 0 Å². The average Bonchev–Trinajstić information content (AvgIpc) is 2.07. The van der Waals surface area contributed by atoms with Gasteiger partial charge in [-0.25, -0.2) is 0 Å². The van der Waals surface area contributed by atoms with Crippen LogP contribution in [-0.2, 0) is 0 Å². The highest BCUT2D eigenvalue weighted by Crippen LogP contribution is 2.13. The molecule has 0 saturated heterocycles. The molecule has 0 heterocycles. The number of hydrogen-bond donors (Lipinski definition) is 1. The first-order valence-electron chi connectivity index (χ1n) is 4.38. The predicted molar refractivity (Wildman–Crippen MR) is 63.6 cm³/mol. The number of thiocarbonyl (C=S) groups is 1. The Morgan fingerprint density at radius 3 is 1.33 bits per heavy atom. The highest BCUT2D eigenvalue weighted by Gasteiger charge is 2.31. The minimum Gasteiger partial charge on any atom is -0.386 e. The maximum atomic E-state index is 10.9. The van der Waals surface area contributed by atoms with Crippen LogP contribution in [0.5, 0.6) is 0 Å². The summed E-state index contributed by atoms with van der Waals surface area (Å²) in [4.78, 5) is 0.951. The molecule has 0 unspecified atom stereocenters. The molecule has 0 aliphatic heterocycles. The van der Waals surface area contributed by atoms with Crippen molar-refractivity contribution in [3.63, 3.8) is 0 Å². The lowest BCUT2D eigenvalue weighted by atomic mass is 10.5. The smallest absolute Gasteiger partial charge is 0.386 e. The Labute approximate surface area is 100 Å². The summed E-state index contributed by atoms with van der Waals surface area (Å²) in [6.07, 6.45) is -4.49. The van der Waals surface area contributed by atoms with Crippen molar-refractivity contribution < 1.29 is 13.2 Å². The lowest BCUT2D eigenvalue weighted by Gasteiger charge is -2.13. The van der Waals surface area contributed by atoms with E-state index in [1.165, 1.54) is 19.6 Å². The Morgan fingerprint density at radius 2 is 1.33 bits per heavy atom. The fourth-order valence-corrected chi connectivity index (χ4v) is 0.671. The first-order chi connectivity index (χ1) is 6.29. The van der Waals surface area contributed by atoms with Crippen LogP contribution in [0.2, 0.25) is 0 Å². The van der Waals surface area contributed by atoms with E-state index in [0.29, 0.717) is 0 Å². The van der Waals surface area contributed by atoms with E-state index in [9.17, 15) is 13.2 Å². The van der Waals surface area contributed by atoms with Crippen molar-refractivity contribution in [3.05, 3.63) is 0 Å². The fourth-order valence-electron chi connectivity index (χ4n) is 0.671. The van der Waals surface area contributed by atoms with Gasteiger partial charge in [-0.2, -0.15) is 13.2 Å². The lowest BCUT2D eigenvalue weighted by molar-refractivity contribution is -0.0573. The van der Waals surface area contributed by atoms with Crippen LogP contribution in [0, 0.1) is 0 Å². The van der Waals surface area contributed by atoms with E-state index >= 15 is 0 Å². The quantitative estimate of drug-likeness (QED) is 0.797. The monoisotopic (exact) mass is 266 g/mol. The topological polar surface area (TPSA) is 29.3 Å². The zero-order valence-corrected chi connectivity index (χ0v) is 10.7. The van der Waals surface area contributed by atoms with Crippen molar-refractivity contribution in [1.82, 2.24) is 4.90 Å². The SMILES string of the molecule is CCN(CC)CC.Cl.NC(=S)C(F)(F)F. The molecular formula is C8H18ClF3N2S. The molecule has 0 atom stereocenters. The summed E-state index contributed by atoms with van der Waals surface area (Å²) in [6, 6.07) is 0. The zero-order chi connectivity index (χ0) is 11.8. The van der Waals surface area contributed by atoms with Gasteiger partial charge in [0.15, 0.2) is 4.99 Å². The number of nitrogens with zero attached hydrogens (tertiary/aromatic N) is 1. The molecule has 0 aliphatic rings. The standard InChI is InChI=1S/C6H15N.C2H2F3NS.ClH/c1-4-7(5-2)6-3;3-2(4,5)1(6)7;/h4-6H2,1-3H3;(H2,6,7);1H. The van der Waals surface area contributed by atoms with Crippen LogP contribution in [0.25, 0.3) is 0 Å². The van der Waals surface area contributed by atoms with Crippen LogP contribution in [-0.4, -0.2) is 35.7 Å². The third-order valence-electron chi connectivity index (χ3n) is 1.62. The van der Waals surface area contributed by atoms with Gasteiger partial charge in [-0.05, 0) is 19.6 Å². The van der Waals surface area contributed by atoms with Crippen molar-refractivity contribution in [2.45, 2.75) is 26.9 Å². The highest BCUT2D eigenvalue weighted by atomic mass is 35.5. The molecule has 0 rings (SSSR count). The molecule has 0 aromatic rings. The summed E-state index contributed by atoms with van der Waals surface area (Å²) in [5.74, 6) is 0. The molecular weight excluding hydrogens is 249 g/mol. The number of nitrogens with two attached hydrogens (primary N) is 1. The largest absolute Gasteiger partial charge is 0.441 e. The third kappa shape index (κ3) is 13.9. The van der Waals surface area contributed by atoms with Crippen LogP contribution in [0.3, 0.4) is 0 Å². The van der Waals surface area contributed by atoms with Crippen molar-refractivity contribution in [3.8, 4) is 0 Å². The van der Waals surface area contributed by atoms with Crippen LogP contribution in [0.15, 0.2) is 0 Å². The van der Waals surface area contributed by atoms with Crippen molar-refractivity contribution in [2.24, 2.45) is 5.73 Å². The molecule has 0 aliphatic carbocycles. The minimum atomic E-state index is -4.49. The van der Waals surface area contributed by atoms with Crippen LogP contribution >= 0.6 is 24.6 Å². The number of hydrogen-bond acceptors (Lipinski definition) is 2. The summed E-state index contributed by atoms with van der Waals surface area (Å²) in [6.45, 7) is 10.1. The number of rotatable bonds is 3. The van der Waals surface area contributed by atoms with Gasteiger partial charge in [0, 0.05) is 0 Å². The normalized spacial score (nSPS) is 10.1. The molecule has 0 fully saturated rings. The Hall–Kier alpha value is -0.0700. The van der Waals surface area contributed by atoms with Crippen LogP contribution in [0.4, 0.5) is 13.2 Å². The zero-order valence-electron chi connectivity index (χ0n) is 9.10. The molecule has 0 aromatic heterocycles. The molecule has 0 bridgehead atoms. The molecule has 0 aromatic carbocycles. The van der Waals surface area contributed by atoms with Gasteiger partial charge < -0.3 is 10.6 Å². The van der Waals surface area contributed by atoms with E-state index < -0.39 is 11.2 Å². The van der Waals surface area contributed by atoms with Crippen LogP contribution < -0.4 is 5.73 Å². The molecule has 2 nitrogen and oxygen atoms in total. The highest BCUT2D eigenvalue weighted by molar-refractivity contribution is 7.80. The van der Waals surface area contributed by atoms with E-state index in [1.54, 1.807) is 0 Å². The van der Waals surface area contributed by atoms with E-state index in [4.69, 9.17) is 0 Å². The van der Waals surface area contributed by atoms with Crippen molar-refractivity contribution in [2.75, 3.05) is 19.6 Å². The van der Waals surface area contributed by atoms with E-state index in [-0.39, 0.29) is 12.4 Å². The molecule has 15 heavy (non-hydrogen) atoms. The second kappa shape index (κ2) is 10.4. The Balaban J connectivity index is -0.000000180. The Bertz CT molecular complexity index is 155. The second-order valence-corrected chi connectivity index (χ2v) is 2.92. The van der Waals surface area contributed by atoms with Gasteiger partial charge in [-0.15, -0.1) is 12.4 Å². The first kappa shape index (κ1) is 20.4. The molecule has 0 radical (unpaired) electrons. The minimum absolute atomic E-state index is 0. The van der Waals surface area contributed by atoms with Crippen molar-refractivity contribution >= 4 is 29.6 Å².